The van der Waals surface area contributed by atoms with Gasteiger partial charge in [-0.3, -0.25) is 20.1 Å². The first-order valence-corrected chi connectivity index (χ1v) is 5.59. The molecule has 0 spiro atoms. The van der Waals surface area contributed by atoms with Crippen molar-refractivity contribution in [2.75, 3.05) is 5.32 Å². The maximum Gasteiger partial charge on any atom is 0.328 e. The van der Waals surface area contributed by atoms with Crippen LogP contribution < -0.4 is 5.32 Å². The van der Waals surface area contributed by atoms with Crippen LogP contribution in [-0.2, 0) is 11.2 Å². The Morgan fingerprint density at radius 1 is 1.44 bits per heavy atom. The van der Waals surface area contributed by atoms with Crippen LogP contribution in [0.5, 0.6) is 0 Å². The van der Waals surface area contributed by atoms with Gasteiger partial charge in [-0.15, -0.1) is 0 Å². The van der Waals surface area contributed by atoms with E-state index in [-0.39, 0.29) is 11.9 Å². The van der Waals surface area contributed by atoms with Crippen LogP contribution in [0.4, 0.5) is 6.01 Å². The molecule has 1 amide bonds. The first-order valence-electron chi connectivity index (χ1n) is 5.59. The fourth-order valence-electron chi connectivity index (χ4n) is 1.42. The quantitative estimate of drug-likeness (QED) is 0.851. The van der Waals surface area contributed by atoms with Crippen LogP contribution in [0, 0.1) is 6.92 Å². The maximum absolute atomic E-state index is 11.5. The molecule has 0 aliphatic carbocycles. The van der Waals surface area contributed by atoms with Gasteiger partial charge in [-0.1, -0.05) is 5.16 Å². The number of hydrogen-bond donors (Lipinski definition) is 1. The van der Waals surface area contributed by atoms with Crippen LogP contribution in [-0.4, -0.2) is 26.0 Å². The van der Waals surface area contributed by atoms with Gasteiger partial charge in [0.05, 0.1) is 5.69 Å². The molecular formula is C11H13N5O2. The normalized spacial score (nSPS) is 10.3. The number of hydrogen-bond acceptors (Lipinski definition) is 6. The van der Waals surface area contributed by atoms with Gasteiger partial charge in [-0.05, 0) is 19.8 Å². The highest BCUT2D eigenvalue weighted by Gasteiger charge is 2.07. The summed E-state index contributed by atoms with van der Waals surface area (Å²) in [6, 6.07) is 0.136. The van der Waals surface area contributed by atoms with E-state index in [0.29, 0.717) is 25.1 Å². The Morgan fingerprint density at radius 2 is 2.33 bits per heavy atom. The van der Waals surface area contributed by atoms with Crippen LogP contribution in [0.15, 0.2) is 23.1 Å². The highest BCUT2D eigenvalue weighted by Crippen LogP contribution is 2.05. The Hall–Kier alpha value is -2.31. The van der Waals surface area contributed by atoms with Crippen molar-refractivity contribution in [2.24, 2.45) is 0 Å². The number of aromatic nitrogens is 4. The third-order valence-electron chi connectivity index (χ3n) is 2.23. The minimum Gasteiger partial charge on any atom is -0.315 e. The molecule has 1 N–H and O–H groups in total. The van der Waals surface area contributed by atoms with Crippen molar-refractivity contribution in [1.29, 1.82) is 0 Å². The van der Waals surface area contributed by atoms with Crippen molar-refractivity contribution >= 4 is 11.9 Å². The predicted molar refractivity (Wildman–Crippen MR) is 62.6 cm³/mol. The molecule has 7 nitrogen and oxygen atoms in total. The van der Waals surface area contributed by atoms with E-state index < -0.39 is 0 Å². The molecule has 2 heterocycles. The Balaban J connectivity index is 1.72. The van der Waals surface area contributed by atoms with Gasteiger partial charge in [-0.2, -0.15) is 4.98 Å². The molecule has 0 bridgehead atoms. The van der Waals surface area contributed by atoms with E-state index in [2.05, 4.69) is 25.4 Å². The van der Waals surface area contributed by atoms with Crippen LogP contribution in [0.2, 0.25) is 0 Å². The Labute approximate surface area is 104 Å². The number of nitrogens with one attached hydrogen (secondary N) is 1. The molecule has 2 aromatic heterocycles. The Kier molecular flexibility index (Phi) is 3.95. The highest BCUT2D eigenvalue weighted by molar-refractivity contribution is 5.88. The summed E-state index contributed by atoms with van der Waals surface area (Å²) in [7, 11) is 0. The van der Waals surface area contributed by atoms with E-state index in [1.54, 1.807) is 25.5 Å². The summed E-state index contributed by atoms with van der Waals surface area (Å²) in [5, 5.41) is 6.11. The van der Waals surface area contributed by atoms with Crippen molar-refractivity contribution < 1.29 is 9.32 Å². The molecule has 0 radical (unpaired) electrons. The third kappa shape index (κ3) is 3.62. The molecule has 0 unspecified atom stereocenters. The lowest BCUT2D eigenvalue weighted by atomic mass is 10.2. The number of carbonyl (C=O) groups excluding carboxylic acids is 1. The molecule has 0 saturated heterocycles. The van der Waals surface area contributed by atoms with E-state index >= 15 is 0 Å². The van der Waals surface area contributed by atoms with Gasteiger partial charge in [0.25, 0.3) is 0 Å². The van der Waals surface area contributed by atoms with E-state index in [0.717, 1.165) is 5.69 Å². The zero-order valence-electron chi connectivity index (χ0n) is 9.96. The average Bonchev–Trinajstić information content (AvgIpc) is 2.76. The van der Waals surface area contributed by atoms with E-state index in [9.17, 15) is 4.79 Å². The highest BCUT2D eigenvalue weighted by atomic mass is 16.5. The summed E-state index contributed by atoms with van der Waals surface area (Å²) in [4.78, 5) is 23.5. The van der Waals surface area contributed by atoms with Crippen molar-refractivity contribution in [2.45, 2.75) is 26.2 Å². The molecule has 0 saturated carbocycles. The minimum absolute atomic E-state index is 0.136. The Morgan fingerprint density at radius 3 is 3.00 bits per heavy atom. The monoisotopic (exact) mass is 247 g/mol. The van der Waals surface area contributed by atoms with E-state index in [4.69, 9.17) is 4.52 Å². The standard InChI is InChI=1S/C11H13N5O2/c1-8-14-11(18-16-8)15-10(17)4-2-3-9-7-12-5-6-13-9/h5-7H,2-4H2,1H3,(H,14,15,16,17). The zero-order chi connectivity index (χ0) is 12.8. The second kappa shape index (κ2) is 5.85. The molecule has 94 valence electrons. The van der Waals surface area contributed by atoms with Gasteiger partial charge >= 0.3 is 6.01 Å². The first kappa shape index (κ1) is 12.2. The van der Waals surface area contributed by atoms with E-state index in [1.807, 2.05) is 0 Å². The van der Waals surface area contributed by atoms with Crippen LogP contribution in [0.25, 0.3) is 0 Å². The number of rotatable bonds is 5. The van der Waals surface area contributed by atoms with Gasteiger partial charge in [0.15, 0.2) is 5.82 Å². The smallest absolute Gasteiger partial charge is 0.315 e. The summed E-state index contributed by atoms with van der Waals surface area (Å²) < 4.78 is 4.78. The van der Waals surface area contributed by atoms with Gasteiger partial charge in [-0.25, -0.2) is 0 Å². The van der Waals surface area contributed by atoms with Crippen molar-refractivity contribution in [3.63, 3.8) is 0 Å². The molecule has 0 aliphatic heterocycles. The molecule has 18 heavy (non-hydrogen) atoms. The van der Waals surface area contributed by atoms with Crippen LogP contribution >= 0.6 is 0 Å². The molecule has 0 aliphatic rings. The van der Waals surface area contributed by atoms with Gasteiger partial charge < -0.3 is 4.52 Å². The number of carbonyl (C=O) groups is 1. The lowest BCUT2D eigenvalue weighted by molar-refractivity contribution is -0.116. The van der Waals surface area contributed by atoms with E-state index in [1.165, 1.54) is 0 Å². The second-order valence-electron chi connectivity index (χ2n) is 3.75. The van der Waals surface area contributed by atoms with Gasteiger partial charge in [0.1, 0.15) is 0 Å². The van der Waals surface area contributed by atoms with Crippen LogP contribution in [0.3, 0.4) is 0 Å². The number of anilines is 1. The molecule has 0 aromatic carbocycles. The van der Waals surface area contributed by atoms with Crippen molar-refractivity contribution in [1.82, 2.24) is 20.1 Å². The van der Waals surface area contributed by atoms with Crippen LogP contribution in [0.1, 0.15) is 24.4 Å². The van der Waals surface area contributed by atoms with Gasteiger partial charge in [0, 0.05) is 25.0 Å². The Bertz CT molecular complexity index is 511. The molecule has 7 heteroatoms. The lowest BCUT2D eigenvalue weighted by Crippen LogP contribution is -2.11. The van der Waals surface area contributed by atoms with Crippen molar-refractivity contribution in [3.8, 4) is 0 Å². The van der Waals surface area contributed by atoms with Crippen molar-refractivity contribution in [3.05, 3.63) is 30.1 Å². The minimum atomic E-state index is -0.150. The third-order valence-corrected chi connectivity index (χ3v) is 2.23. The SMILES string of the molecule is Cc1noc(NC(=O)CCCc2cnccn2)n1. The molecule has 0 fully saturated rings. The largest absolute Gasteiger partial charge is 0.328 e. The summed E-state index contributed by atoms with van der Waals surface area (Å²) in [5.74, 6) is 0.340. The summed E-state index contributed by atoms with van der Waals surface area (Å²) >= 11 is 0. The molecular weight excluding hydrogens is 234 g/mol. The molecule has 2 aromatic rings. The number of amides is 1. The van der Waals surface area contributed by atoms with Gasteiger partial charge in [0.2, 0.25) is 5.91 Å². The topological polar surface area (TPSA) is 93.8 Å². The number of nitrogens with zero attached hydrogens (tertiary/aromatic N) is 4. The first-order chi connectivity index (χ1) is 8.74. The zero-order valence-corrected chi connectivity index (χ0v) is 9.96. The lowest BCUT2D eigenvalue weighted by Gasteiger charge is -2.00. The fourth-order valence-corrected chi connectivity index (χ4v) is 1.42. The predicted octanol–water partition coefficient (Wildman–Crippen LogP) is 1.13. The molecule has 0 atom stereocenters. The summed E-state index contributed by atoms with van der Waals surface area (Å²) in [6.45, 7) is 1.69. The summed E-state index contributed by atoms with van der Waals surface area (Å²) in [5.41, 5.74) is 0.874. The average molecular weight is 247 g/mol. The fraction of sp³-hybridized carbons (Fsp3) is 0.364. The summed E-state index contributed by atoms with van der Waals surface area (Å²) in [6.07, 6.45) is 6.73. The number of aryl methyl sites for hydroxylation is 2. The second-order valence-corrected chi connectivity index (χ2v) is 3.75. The maximum atomic E-state index is 11.5. The molecule has 2 rings (SSSR count).